The molecule has 1 heterocycles. The average Bonchev–Trinajstić information content (AvgIpc) is 2.81. The molecule has 1 aromatic rings. The predicted octanol–water partition coefficient (Wildman–Crippen LogP) is 3.38. The van der Waals surface area contributed by atoms with Crippen molar-refractivity contribution in [2.75, 3.05) is 13.2 Å². The lowest BCUT2D eigenvalue weighted by molar-refractivity contribution is 0.0872. The van der Waals surface area contributed by atoms with E-state index in [1.54, 1.807) is 6.07 Å². The molecule has 0 aliphatic carbocycles. The van der Waals surface area contributed by atoms with Gasteiger partial charge in [-0.2, -0.15) is 0 Å². The summed E-state index contributed by atoms with van der Waals surface area (Å²) in [5.41, 5.74) is 0.920. The Morgan fingerprint density at radius 2 is 2.33 bits per heavy atom. The largest absolute Gasteiger partial charge is 0.378 e. The van der Waals surface area contributed by atoms with Gasteiger partial charge in [-0.05, 0) is 36.5 Å². The lowest BCUT2D eigenvalue weighted by Crippen LogP contribution is -2.27. The van der Waals surface area contributed by atoms with Crippen molar-refractivity contribution in [2.24, 2.45) is 5.92 Å². The minimum Gasteiger partial charge on any atom is -0.378 e. The first-order valence-corrected chi connectivity index (χ1v) is 6.84. The highest BCUT2D eigenvalue weighted by atomic mass is 35.5. The topological polar surface area (TPSA) is 21.3 Å². The molecule has 18 heavy (non-hydrogen) atoms. The van der Waals surface area contributed by atoms with Gasteiger partial charge in [0.15, 0.2) is 0 Å². The van der Waals surface area contributed by atoms with Crippen LogP contribution in [-0.4, -0.2) is 19.3 Å². The molecule has 0 spiro atoms. The summed E-state index contributed by atoms with van der Waals surface area (Å²) in [5, 5.41) is 3.54. The fourth-order valence-electron chi connectivity index (χ4n) is 2.43. The maximum Gasteiger partial charge on any atom is 0.142 e. The molecule has 0 saturated carbocycles. The number of benzene rings is 1. The Hall–Kier alpha value is -0.640. The molecule has 100 valence electrons. The van der Waals surface area contributed by atoms with Crippen LogP contribution >= 0.6 is 11.6 Å². The van der Waals surface area contributed by atoms with Gasteiger partial charge < -0.3 is 10.1 Å². The van der Waals surface area contributed by atoms with E-state index < -0.39 is 0 Å². The molecule has 0 bridgehead atoms. The number of nitrogens with one attached hydrogen (secondary N) is 1. The van der Waals surface area contributed by atoms with Crippen LogP contribution in [0.1, 0.15) is 25.3 Å². The Bertz CT molecular complexity index is 399. The van der Waals surface area contributed by atoms with E-state index in [0.717, 1.165) is 31.6 Å². The van der Waals surface area contributed by atoms with Crippen molar-refractivity contribution in [1.82, 2.24) is 5.32 Å². The van der Waals surface area contributed by atoms with Crippen molar-refractivity contribution in [1.29, 1.82) is 0 Å². The number of rotatable bonds is 5. The summed E-state index contributed by atoms with van der Waals surface area (Å²) in [6.07, 6.45) is 2.54. The Morgan fingerprint density at radius 3 is 3.06 bits per heavy atom. The van der Waals surface area contributed by atoms with Crippen molar-refractivity contribution in [3.8, 4) is 0 Å². The molecule has 4 heteroatoms. The van der Waals surface area contributed by atoms with E-state index in [9.17, 15) is 4.39 Å². The third-order valence-corrected chi connectivity index (χ3v) is 3.77. The van der Waals surface area contributed by atoms with E-state index in [1.165, 1.54) is 6.07 Å². The maximum atomic E-state index is 13.2. The van der Waals surface area contributed by atoms with E-state index in [4.69, 9.17) is 16.3 Å². The van der Waals surface area contributed by atoms with Crippen molar-refractivity contribution < 1.29 is 9.13 Å². The smallest absolute Gasteiger partial charge is 0.142 e. The summed E-state index contributed by atoms with van der Waals surface area (Å²) >= 11 is 5.64. The Morgan fingerprint density at radius 1 is 1.50 bits per heavy atom. The van der Waals surface area contributed by atoms with E-state index in [0.29, 0.717) is 18.6 Å². The van der Waals surface area contributed by atoms with Crippen LogP contribution in [0, 0.1) is 11.7 Å². The van der Waals surface area contributed by atoms with E-state index >= 15 is 0 Å². The summed E-state index contributed by atoms with van der Waals surface area (Å²) in [7, 11) is 0. The fraction of sp³-hybridized carbons (Fsp3) is 0.571. The van der Waals surface area contributed by atoms with Gasteiger partial charge in [0.05, 0.1) is 11.1 Å². The van der Waals surface area contributed by atoms with Crippen LogP contribution in [0.25, 0.3) is 0 Å². The summed E-state index contributed by atoms with van der Waals surface area (Å²) in [6, 6.07) is 4.93. The van der Waals surface area contributed by atoms with Gasteiger partial charge in [0, 0.05) is 19.7 Å². The van der Waals surface area contributed by atoms with Gasteiger partial charge in [0.25, 0.3) is 0 Å². The molecule has 0 amide bonds. The Labute approximate surface area is 112 Å². The van der Waals surface area contributed by atoms with Crippen LogP contribution in [0.5, 0.6) is 0 Å². The molecule has 1 saturated heterocycles. The molecule has 1 N–H and O–H groups in total. The molecule has 2 rings (SSSR count). The summed E-state index contributed by atoms with van der Waals surface area (Å²) < 4.78 is 18.9. The second kappa shape index (κ2) is 6.50. The summed E-state index contributed by atoms with van der Waals surface area (Å²) in [6.45, 7) is 4.60. The molecular weight excluding hydrogens is 253 g/mol. The van der Waals surface area contributed by atoms with Crippen molar-refractivity contribution in [3.63, 3.8) is 0 Å². The highest BCUT2D eigenvalue weighted by Gasteiger charge is 2.25. The first-order valence-electron chi connectivity index (χ1n) is 6.47. The quantitative estimate of drug-likeness (QED) is 0.886. The highest BCUT2D eigenvalue weighted by molar-refractivity contribution is 6.30. The van der Waals surface area contributed by atoms with Gasteiger partial charge in [-0.1, -0.05) is 24.6 Å². The number of ether oxygens (including phenoxy) is 1. The fourth-order valence-corrected chi connectivity index (χ4v) is 2.55. The Balaban J connectivity index is 1.79. The molecule has 1 aliphatic heterocycles. The van der Waals surface area contributed by atoms with Crippen LogP contribution in [-0.2, 0) is 11.3 Å². The standard InChI is InChI=1S/C14H19ClFNO/c1-2-14-11(5-6-18-14)9-17-8-10-3-4-12(15)13(16)7-10/h3-4,7,11,14,17H,2,5-6,8-9H2,1H3. The van der Waals surface area contributed by atoms with E-state index in [-0.39, 0.29) is 10.8 Å². The number of halogens is 2. The highest BCUT2D eigenvalue weighted by Crippen LogP contribution is 2.22. The molecule has 2 atom stereocenters. The van der Waals surface area contributed by atoms with Gasteiger partial charge in [0.1, 0.15) is 5.82 Å². The average molecular weight is 272 g/mol. The molecule has 2 unspecified atom stereocenters. The minimum atomic E-state index is -0.355. The predicted molar refractivity (Wildman–Crippen MR) is 71.3 cm³/mol. The zero-order valence-corrected chi connectivity index (χ0v) is 11.3. The molecule has 1 aliphatic rings. The van der Waals surface area contributed by atoms with Crippen molar-refractivity contribution >= 4 is 11.6 Å². The normalized spacial score (nSPS) is 23.5. The first-order chi connectivity index (χ1) is 8.70. The number of hydrogen-bond donors (Lipinski definition) is 1. The van der Waals surface area contributed by atoms with Crippen molar-refractivity contribution in [2.45, 2.75) is 32.4 Å². The van der Waals surface area contributed by atoms with Crippen molar-refractivity contribution in [3.05, 3.63) is 34.6 Å². The molecule has 1 fully saturated rings. The maximum absolute atomic E-state index is 13.2. The third-order valence-electron chi connectivity index (χ3n) is 3.47. The van der Waals surface area contributed by atoms with Crippen LogP contribution in [0.2, 0.25) is 5.02 Å². The van der Waals surface area contributed by atoms with Crippen LogP contribution < -0.4 is 5.32 Å². The molecule has 2 nitrogen and oxygen atoms in total. The summed E-state index contributed by atoms with van der Waals surface area (Å²) in [5.74, 6) is 0.221. The van der Waals surface area contributed by atoms with Gasteiger partial charge in [-0.3, -0.25) is 0 Å². The Kier molecular flexibility index (Phi) is 4.98. The van der Waals surface area contributed by atoms with E-state index in [2.05, 4.69) is 12.2 Å². The minimum absolute atomic E-state index is 0.175. The van der Waals surface area contributed by atoms with Gasteiger partial charge >= 0.3 is 0 Å². The SMILES string of the molecule is CCC1OCCC1CNCc1ccc(Cl)c(F)c1. The molecule has 0 radical (unpaired) electrons. The lowest BCUT2D eigenvalue weighted by atomic mass is 9.99. The second-order valence-corrected chi connectivity index (χ2v) is 5.15. The zero-order chi connectivity index (χ0) is 13.0. The summed E-state index contributed by atoms with van der Waals surface area (Å²) in [4.78, 5) is 0. The first kappa shape index (κ1) is 13.8. The zero-order valence-electron chi connectivity index (χ0n) is 10.6. The van der Waals surface area contributed by atoms with E-state index in [1.807, 2.05) is 6.07 Å². The van der Waals surface area contributed by atoms with Crippen LogP contribution in [0.4, 0.5) is 4.39 Å². The third kappa shape index (κ3) is 3.44. The van der Waals surface area contributed by atoms with Crippen LogP contribution in [0.3, 0.4) is 0 Å². The molecule has 0 aromatic heterocycles. The monoisotopic (exact) mass is 271 g/mol. The van der Waals surface area contributed by atoms with Gasteiger partial charge in [-0.15, -0.1) is 0 Å². The molecule has 1 aromatic carbocycles. The second-order valence-electron chi connectivity index (χ2n) is 4.75. The molecular formula is C14H19ClFNO. The lowest BCUT2D eigenvalue weighted by Gasteiger charge is -2.17. The van der Waals surface area contributed by atoms with Gasteiger partial charge in [0.2, 0.25) is 0 Å². The van der Waals surface area contributed by atoms with Gasteiger partial charge in [-0.25, -0.2) is 4.39 Å². The number of hydrogen-bond acceptors (Lipinski definition) is 2. The van der Waals surface area contributed by atoms with Crippen LogP contribution in [0.15, 0.2) is 18.2 Å².